The van der Waals surface area contributed by atoms with Crippen LogP contribution in [0.5, 0.6) is 5.75 Å². The molecule has 2 heterocycles. The van der Waals surface area contributed by atoms with E-state index < -0.39 is 17.8 Å². The van der Waals surface area contributed by atoms with Crippen LogP contribution in [0, 0.1) is 0 Å². The van der Waals surface area contributed by atoms with E-state index in [2.05, 4.69) is 4.90 Å². The fraction of sp³-hybridized carbons (Fsp3) is 0.318. The van der Waals surface area contributed by atoms with Gasteiger partial charge in [0.15, 0.2) is 6.67 Å². The molecule has 4 rings (SSSR count). The molecule has 0 aromatic heterocycles. The predicted molar refractivity (Wildman–Crippen MR) is 110 cm³/mol. The van der Waals surface area contributed by atoms with Crippen LogP contribution in [-0.4, -0.2) is 67.6 Å². The Hall–Kier alpha value is -3.39. The van der Waals surface area contributed by atoms with Crippen molar-refractivity contribution in [1.29, 1.82) is 0 Å². The third-order valence-corrected chi connectivity index (χ3v) is 5.61. The van der Waals surface area contributed by atoms with Crippen LogP contribution in [-0.2, 0) is 16.1 Å². The lowest BCUT2D eigenvalue weighted by atomic mass is 10.2. The topological polar surface area (TPSA) is 74.6 Å². The van der Waals surface area contributed by atoms with Crippen molar-refractivity contribution in [3.05, 3.63) is 60.2 Å². The molecule has 2 aromatic carbocycles. The molecule has 156 valence electrons. The fourth-order valence-corrected chi connectivity index (χ4v) is 3.85. The normalized spacial score (nSPS) is 17.8. The van der Waals surface area contributed by atoms with Crippen molar-refractivity contribution in [2.24, 2.45) is 0 Å². The van der Waals surface area contributed by atoms with E-state index in [0.29, 0.717) is 0 Å². The number of rotatable bonds is 6. The molecule has 0 radical (unpaired) electrons. The van der Waals surface area contributed by atoms with E-state index in [1.54, 1.807) is 7.11 Å². The molecule has 0 atom stereocenters. The highest BCUT2D eigenvalue weighted by Gasteiger charge is 2.46. The first kappa shape index (κ1) is 19.9. The van der Waals surface area contributed by atoms with Gasteiger partial charge in [0.2, 0.25) is 0 Å². The first-order valence-electron chi connectivity index (χ1n) is 10.0. The Morgan fingerprint density at radius 2 is 1.50 bits per heavy atom. The number of nitrogens with zero attached hydrogens (tertiary/aromatic N) is 3. The second kappa shape index (κ2) is 8.54. The molecule has 2 aliphatic heterocycles. The number of hydrogen-bond acceptors (Lipinski definition) is 5. The first-order valence-corrected chi connectivity index (χ1v) is 10.0. The van der Waals surface area contributed by atoms with Gasteiger partial charge in [0.1, 0.15) is 5.75 Å². The number of urea groups is 1. The molecule has 8 heteroatoms. The molecule has 30 heavy (non-hydrogen) atoms. The smallest absolute Gasteiger partial charge is 0.339 e. The molecule has 2 saturated heterocycles. The second-order valence-electron chi connectivity index (χ2n) is 7.49. The molecule has 2 fully saturated rings. The van der Waals surface area contributed by atoms with Crippen molar-refractivity contribution in [1.82, 2.24) is 9.80 Å². The predicted octanol–water partition coefficient (Wildman–Crippen LogP) is 0.349. The van der Waals surface area contributed by atoms with Crippen molar-refractivity contribution in [2.75, 3.05) is 44.9 Å². The second-order valence-corrected chi connectivity index (χ2v) is 7.49. The van der Waals surface area contributed by atoms with Crippen molar-refractivity contribution < 1.29 is 24.0 Å². The van der Waals surface area contributed by atoms with E-state index in [0.717, 1.165) is 57.9 Å². The van der Waals surface area contributed by atoms with E-state index in [-0.39, 0.29) is 13.2 Å². The van der Waals surface area contributed by atoms with Crippen molar-refractivity contribution in [3.63, 3.8) is 0 Å². The average molecular weight is 409 g/mol. The van der Waals surface area contributed by atoms with E-state index in [1.165, 1.54) is 0 Å². The molecule has 8 nitrogen and oxygen atoms in total. The maximum absolute atomic E-state index is 12.7. The number of piperazine rings is 1. The number of quaternary nitrogens is 1. The van der Waals surface area contributed by atoms with Crippen molar-refractivity contribution in [2.45, 2.75) is 6.54 Å². The molecule has 0 aliphatic carbocycles. The Kier molecular flexibility index (Phi) is 5.67. The van der Waals surface area contributed by atoms with Gasteiger partial charge in [-0.3, -0.25) is 14.5 Å². The molecule has 2 aliphatic rings. The lowest BCUT2D eigenvalue weighted by Gasteiger charge is -2.34. The molecular formula is C22H25N4O4+. The quantitative estimate of drug-likeness (QED) is 0.551. The molecule has 0 unspecified atom stereocenters. The van der Waals surface area contributed by atoms with Gasteiger partial charge < -0.3 is 14.5 Å². The number of carbonyl (C=O) groups excluding carboxylic acids is 3. The number of methoxy groups -OCH3 is 1. The van der Waals surface area contributed by atoms with Gasteiger partial charge in [0.25, 0.3) is 0 Å². The third-order valence-electron chi connectivity index (χ3n) is 5.61. The van der Waals surface area contributed by atoms with Crippen LogP contribution in [0.3, 0.4) is 0 Å². The summed E-state index contributed by atoms with van der Waals surface area (Å²) in [6.07, 6.45) is 0. The molecule has 0 saturated carbocycles. The number of ether oxygens (including phenoxy) is 1. The molecule has 1 N–H and O–H groups in total. The lowest BCUT2D eigenvalue weighted by Crippen LogP contribution is -3.16. The number of hydrogen-bond donors (Lipinski definition) is 1. The van der Waals surface area contributed by atoms with Crippen LogP contribution in [0.25, 0.3) is 0 Å². The van der Waals surface area contributed by atoms with Gasteiger partial charge in [-0.25, -0.2) is 9.69 Å². The van der Waals surface area contributed by atoms with Crippen LogP contribution in [0.15, 0.2) is 54.6 Å². The summed E-state index contributed by atoms with van der Waals surface area (Å²) in [5.41, 5.74) is 1.93. The van der Waals surface area contributed by atoms with Crippen LogP contribution >= 0.6 is 0 Å². The van der Waals surface area contributed by atoms with Gasteiger partial charge in [-0.2, -0.15) is 0 Å². The Bertz CT molecular complexity index is 924. The number of carbonyl (C=O) groups is 3. The number of benzene rings is 2. The fourth-order valence-electron chi connectivity index (χ4n) is 3.85. The molecule has 2 aromatic rings. The standard InChI is InChI=1S/C22H24N4O4/c1-30-19-9-7-18(8-10-19)24-13-11-23(12-14-24)16-26-21(28)20(27)25(22(26)29)15-17-5-3-2-4-6-17/h2-10H,11-16H2,1H3/p+1. The van der Waals surface area contributed by atoms with E-state index in [1.807, 2.05) is 54.6 Å². The zero-order valence-electron chi connectivity index (χ0n) is 16.9. The zero-order chi connectivity index (χ0) is 21.1. The minimum absolute atomic E-state index is 0.112. The van der Waals surface area contributed by atoms with Crippen LogP contribution in [0.2, 0.25) is 0 Å². The molecule has 0 spiro atoms. The van der Waals surface area contributed by atoms with Gasteiger partial charge in [0.05, 0.1) is 39.8 Å². The van der Waals surface area contributed by atoms with Crippen molar-refractivity contribution >= 4 is 23.5 Å². The van der Waals surface area contributed by atoms with Crippen molar-refractivity contribution in [3.8, 4) is 5.75 Å². The maximum Gasteiger partial charge on any atom is 0.339 e. The minimum Gasteiger partial charge on any atom is -0.497 e. The van der Waals surface area contributed by atoms with E-state index >= 15 is 0 Å². The summed E-state index contributed by atoms with van der Waals surface area (Å²) in [5.74, 6) is -0.667. The summed E-state index contributed by atoms with van der Waals surface area (Å²) in [6, 6.07) is 16.6. The third kappa shape index (κ3) is 3.99. The summed E-state index contributed by atoms with van der Waals surface area (Å²) in [6.45, 7) is 3.48. The monoisotopic (exact) mass is 409 g/mol. The Morgan fingerprint density at radius 3 is 2.13 bits per heavy atom. The molecule has 4 amide bonds. The summed E-state index contributed by atoms with van der Waals surface area (Å²) in [4.78, 5) is 43.0. The first-order chi connectivity index (χ1) is 14.6. The number of nitrogens with one attached hydrogen (secondary N) is 1. The van der Waals surface area contributed by atoms with Crippen LogP contribution in [0.4, 0.5) is 10.5 Å². The molecule has 0 bridgehead atoms. The number of anilines is 1. The highest BCUT2D eigenvalue weighted by atomic mass is 16.5. The average Bonchev–Trinajstić information content (AvgIpc) is 2.99. The Labute approximate surface area is 175 Å². The Balaban J connectivity index is 1.34. The minimum atomic E-state index is -0.750. The Morgan fingerprint density at radius 1 is 0.867 bits per heavy atom. The van der Waals surface area contributed by atoms with Crippen LogP contribution in [0.1, 0.15) is 5.56 Å². The SMILES string of the molecule is COc1ccc(N2CC[NH+](CN3C(=O)C(=O)N(Cc4ccccc4)C3=O)CC2)cc1. The summed E-state index contributed by atoms with van der Waals surface area (Å²) >= 11 is 0. The van der Waals surface area contributed by atoms with Gasteiger partial charge in [-0.1, -0.05) is 30.3 Å². The number of imide groups is 2. The highest BCUT2D eigenvalue weighted by molar-refractivity contribution is 6.44. The largest absolute Gasteiger partial charge is 0.497 e. The zero-order valence-corrected chi connectivity index (χ0v) is 16.9. The summed E-state index contributed by atoms with van der Waals surface area (Å²) in [7, 11) is 1.64. The highest BCUT2D eigenvalue weighted by Crippen LogP contribution is 2.19. The summed E-state index contributed by atoms with van der Waals surface area (Å²) < 4.78 is 5.20. The maximum atomic E-state index is 12.7. The number of amides is 4. The van der Waals surface area contributed by atoms with Gasteiger partial charge in [0, 0.05) is 5.69 Å². The van der Waals surface area contributed by atoms with Gasteiger partial charge >= 0.3 is 17.8 Å². The van der Waals surface area contributed by atoms with E-state index in [9.17, 15) is 14.4 Å². The van der Waals surface area contributed by atoms with Gasteiger partial charge in [-0.15, -0.1) is 0 Å². The lowest BCUT2D eigenvalue weighted by molar-refractivity contribution is -0.907. The van der Waals surface area contributed by atoms with Gasteiger partial charge in [-0.05, 0) is 29.8 Å². The van der Waals surface area contributed by atoms with E-state index in [4.69, 9.17) is 4.74 Å². The summed E-state index contributed by atoms with van der Waals surface area (Å²) in [5, 5.41) is 0. The van der Waals surface area contributed by atoms with Crippen LogP contribution < -0.4 is 14.5 Å². The molecular weight excluding hydrogens is 384 g/mol.